The maximum Gasteiger partial charge on any atom is 0.272 e. The van der Waals surface area contributed by atoms with Gasteiger partial charge in [-0.05, 0) is 48.7 Å². The monoisotopic (exact) mass is 370 g/mol. The second-order valence-electron chi connectivity index (χ2n) is 6.93. The number of hydrogen-bond donors (Lipinski definition) is 2. The zero-order chi connectivity index (χ0) is 19.5. The van der Waals surface area contributed by atoms with E-state index in [0.29, 0.717) is 12.3 Å². The van der Waals surface area contributed by atoms with Gasteiger partial charge in [0.1, 0.15) is 18.1 Å². The minimum Gasteiger partial charge on any atom is -0.489 e. The van der Waals surface area contributed by atoms with Crippen LogP contribution >= 0.6 is 0 Å². The predicted octanol–water partition coefficient (Wildman–Crippen LogP) is 5.62. The minimum absolute atomic E-state index is 0.152. The molecule has 0 spiro atoms. The number of nitrogens with one attached hydrogen (secondary N) is 2. The third-order valence-electron chi connectivity index (χ3n) is 4.81. The maximum absolute atomic E-state index is 12.7. The lowest BCUT2D eigenvalue weighted by molar-refractivity contribution is 0.102. The number of para-hydroxylation sites is 1. The van der Waals surface area contributed by atoms with Gasteiger partial charge in [-0.3, -0.25) is 4.79 Å². The average molecular weight is 370 g/mol. The van der Waals surface area contributed by atoms with E-state index in [1.807, 2.05) is 86.6 Å². The molecular weight excluding hydrogens is 348 g/mol. The van der Waals surface area contributed by atoms with Gasteiger partial charge in [0.2, 0.25) is 0 Å². The van der Waals surface area contributed by atoms with Crippen LogP contribution in [0.4, 0.5) is 5.69 Å². The molecule has 2 N–H and O–H groups in total. The number of aryl methyl sites for hydroxylation is 2. The van der Waals surface area contributed by atoms with Crippen LogP contribution in [0.15, 0.2) is 72.8 Å². The topological polar surface area (TPSA) is 54.1 Å². The fraction of sp³-hybridized carbons (Fsp3) is 0.125. The number of anilines is 1. The van der Waals surface area contributed by atoms with E-state index in [9.17, 15) is 4.79 Å². The fourth-order valence-electron chi connectivity index (χ4n) is 3.25. The number of hydrogen-bond acceptors (Lipinski definition) is 2. The Kier molecular flexibility index (Phi) is 4.85. The first-order valence-electron chi connectivity index (χ1n) is 9.27. The summed E-state index contributed by atoms with van der Waals surface area (Å²) in [6.45, 7) is 4.49. The highest BCUT2D eigenvalue weighted by molar-refractivity contribution is 6.06. The van der Waals surface area contributed by atoms with Gasteiger partial charge in [-0.1, -0.05) is 48.5 Å². The molecule has 0 unspecified atom stereocenters. The van der Waals surface area contributed by atoms with Crippen LogP contribution in [-0.2, 0) is 6.61 Å². The van der Waals surface area contributed by atoms with Crippen molar-refractivity contribution in [3.8, 4) is 5.75 Å². The van der Waals surface area contributed by atoms with Gasteiger partial charge in [0, 0.05) is 22.7 Å². The number of fused-ring (bicyclic) bond motifs is 1. The molecule has 140 valence electrons. The number of amides is 1. The number of aromatic amines is 1. The number of rotatable bonds is 5. The summed E-state index contributed by atoms with van der Waals surface area (Å²) in [5.41, 5.74) is 5.46. The van der Waals surface area contributed by atoms with Gasteiger partial charge < -0.3 is 15.0 Å². The van der Waals surface area contributed by atoms with Gasteiger partial charge in [0.25, 0.3) is 5.91 Å². The van der Waals surface area contributed by atoms with Crippen LogP contribution in [0.3, 0.4) is 0 Å². The van der Waals surface area contributed by atoms with Crippen molar-refractivity contribution in [2.45, 2.75) is 20.5 Å². The van der Waals surface area contributed by atoms with Crippen molar-refractivity contribution in [2.24, 2.45) is 0 Å². The second kappa shape index (κ2) is 7.61. The molecule has 1 amide bonds. The maximum atomic E-state index is 12.7. The Bertz CT molecular complexity index is 1110. The van der Waals surface area contributed by atoms with Crippen molar-refractivity contribution in [3.05, 3.63) is 95.2 Å². The Balaban J connectivity index is 1.52. The zero-order valence-corrected chi connectivity index (χ0v) is 16.0. The highest BCUT2D eigenvalue weighted by Gasteiger charge is 2.13. The zero-order valence-electron chi connectivity index (χ0n) is 16.0. The summed E-state index contributed by atoms with van der Waals surface area (Å²) >= 11 is 0. The third-order valence-corrected chi connectivity index (χ3v) is 4.81. The van der Waals surface area contributed by atoms with Gasteiger partial charge in [-0.2, -0.15) is 0 Å². The van der Waals surface area contributed by atoms with Crippen LogP contribution < -0.4 is 10.1 Å². The summed E-state index contributed by atoms with van der Waals surface area (Å²) in [6.07, 6.45) is 0. The molecule has 0 aliphatic carbocycles. The Morgan fingerprint density at radius 1 is 0.929 bits per heavy atom. The van der Waals surface area contributed by atoms with E-state index in [2.05, 4.69) is 10.3 Å². The van der Waals surface area contributed by atoms with Crippen LogP contribution in [0.2, 0.25) is 0 Å². The Morgan fingerprint density at radius 2 is 1.68 bits per heavy atom. The first-order chi connectivity index (χ1) is 13.6. The summed E-state index contributed by atoms with van der Waals surface area (Å²) in [5.74, 6) is 0.611. The number of benzene rings is 3. The molecule has 4 heteroatoms. The quantitative estimate of drug-likeness (QED) is 0.479. The molecule has 0 atom stereocenters. The van der Waals surface area contributed by atoms with Crippen LogP contribution in [0.5, 0.6) is 5.75 Å². The molecule has 4 nitrogen and oxygen atoms in total. The lowest BCUT2D eigenvalue weighted by atomic mass is 10.1. The van der Waals surface area contributed by atoms with Gasteiger partial charge in [-0.15, -0.1) is 0 Å². The molecule has 3 aromatic carbocycles. The van der Waals surface area contributed by atoms with Gasteiger partial charge in [0.05, 0.1) is 0 Å². The van der Waals surface area contributed by atoms with E-state index in [4.69, 9.17) is 4.74 Å². The highest BCUT2D eigenvalue weighted by Crippen LogP contribution is 2.24. The molecule has 0 bridgehead atoms. The van der Waals surface area contributed by atoms with Crippen molar-refractivity contribution in [2.75, 3.05) is 5.32 Å². The number of H-pyrrole nitrogens is 1. The second-order valence-corrected chi connectivity index (χ2v) is 6.93. The van der Waals surface area contributed by atoms with E-state index >= 15 is 0 Å². The smallest absolute Gasteiger partial charge is 0.272 e. The lowest BCUT2D eigenvalue weighted by Gasteiger charge is -2.10. The summed E-state index contributed by atoms with van der Waals surface area (Å²) in [5, 5.41) is 3.99. The summed E-state index contributed by atoms with van der Waals surface area (Å²) in [7, 11) is 0. The number of aromatic nitrogens is 1. The molecule has 0 aliphatic heterocycles. The summed E-state index contributed by atoms with van der Waals surface area (Å²) < 4.78 is 5.88. The summed E-state index contributed by atoms with van der Waals surface area (Å²) in [4.78, 5) is 15.9. The molecule has 0 saturated carbocycles. The molecule has 1 aromatic heterocycles. The van der Waals surface area contributed by atoms with Crippen molar-refractivity contribution in [3.63, 3.8) is 0 Å². The molecule has 0 fully saturated rings. The van der Waals surface area contributed by atoms with E-state index in [1.54, 1.807) is 0 Å². The Labute approximate surface area is 164 Å². The minimum atomic E-state index is -0.152. The van der Waals surface area contributed by atoms with Crippen LogP contribution in [0.25, 0.3) is 10.9 Å². The molecule has 1 heterocycles. The molecule has 4 rings (SSSR count). The van der Waals surface area contributed by atoms with E-state index in [1.165, 1.54) is 0 Å². The molecule has 28 heavy (non-hydrogen) atoms. The van der Waals surface area contributed by atoms with Crippen molar-refractivity contribution in [1.29, 1.82) is 0 Å². The normalized spacial score (nSPS) is 10.8. The number of ether oxygens (including phenoxy) is 1. The molecular formula is C24H22N2O2. The molecule has 0 aliphatic rings. The van der Waals surface area contributed by atoms with Crippen molar-refractivity contribution in [1.82, 2.24) is 4.98 Å². The lowest BCUT2D eigenvalue weighted by Crippen LogP contribution is -2.14. The largest absolute Gasteiger partial charge is 0.489 e. The SMILES string of the molecule is Cc1cccc(C)c1NC(=O)c1cc2ccc(OCc3ccccc3)cc2[nH]1. The van der Waals surface area contributed by atoms with Gasteiger partial charge >= 0.3 is 0 Å². The van der Waals surface area contributed by atoms with Crippen LogP contribution in [0, 0.1) is 13.8 Å². The predicted molar refractivity (Wildman–Crippen MR) is 113 cm³/mol. The van der Waals surface area contributed by atoms with Crippen LogP contribution in [0.1, 0.15) is 27.2 Å². The number of carbonyl (C=O) groups is 1. The first kappa shape index (κ1) is 17.9. The van der Waals surface area contributed by atoms with Crippen LogP contribution in [-0.4, -0.2) is 10.9 Å². The average Bonchev–Trinajstić information content (AvgIpc) is 3.13. The molecule has 4 aromatic rings. The fourth-order valence-corrected chi connectivity index (χ4v) is 3.25. The standard InChI is InChI=1S/C24H22N2O2/c1-16-7-6-8-17(2)23(16)26-24(27)22-13-19-11-12-20(14-21(19)25-22)28-15-18-9-4-3-5-10-18/h3-14,25H,15H2,1-2H3,(H,26,27). The van der Waals surface area contributed by atoms with Crippen molar-refractivity contribution >= 4 is 22.5 Å². The third kappa shape index (κ3) is 3.76. The van der Waals surface area contributed by atoms with Gasteiger partial charge in [-0.25, -0.2) is 0 Å². The Morgan fingerprint density at radius 3 is 2.43 bits per heavy atom. The Hall–Kier alpha value is -3.53. The van der Waals surface area contributed by atoms with E-state index in [0.717, 1.165) is 39.0 Å². The van der Waals surface area contributed by atoms with Crippen molar-refractivity contribution < 1.29 is 9.53 Å². The van der Waals surface area contributed by atoms with E-state index in [-0.39, 0.29) is 5.91 Å². The molecule has 0 radical (unpaired) electrons. The number of carbonyl (C=O) groups excluding carboxylic acids is 1. The summed E-state index contributed by atoms with van der Waals surface area (Å²) in [6, 6.07) is 23.7. The first-order valence-corrected chi connectivity index (χ1v) is 9.27. The van der Waals surface area contributed by atoms with E-state index < -0.39 is 0 Å². The van der Waals surface area contributed by atoms with Gasteiger partial charge in [0.15, 0.2) is 0 Å². The molecule has 0 saturated heterocycles. The highest BCUT2D eigenvalue weighted by atomic mass is 16.5.